The third kappa shape index (κ3) is 5.56. The van der Waals surface area contributed by atoms with Crippen LogP contribution in [-0.4, -0.2) is 32.3 Å². The Morgan fingerprint density at radius 3 is 2.82 bits per heavy atom. The number of benzene rings is 1. The molecule has 0 saturated heterocycles. The van der Waals surface area contributed by atoms with Gasteiger partial charge in [-0.2, -0.15) is 0 Å². The molecule has 4 rings (SSSR count). The number of para-hydroxylation sites is 1. The summed E-state index contributed by atoms with van der Waals surface area (Å²) in [7, 11) is 0. The van der Waals surface area contributed by atoms with Crippen LogP contribution in [0.15, 0.2) is 35.5 Å². The lowest BCUT2D eigenvalue weighted by atomic mass is 10.1. The maximum absolute atomic E-state index is 12.7. The minimum atomic E-state index is -0.486. The van der Waals surface area contributed by atoms with Crippen LogP contribution < -0.4 is 15.8 Å². The van der Waals surface area contributed by atoms with E-state index in [4.69, 9.17) is 10.5 Å². The second-order valence-electron chi connectivity index (χ2n) is 7.77. The fourth-order valence-corrected chi connectivity index (χ4v) is 5.88. The number of anilines is 1. The van der Waals surface area contributed by atoms with Crippen LogP contribution in [0.1, 0.15) is 52.8 Å². The first-order valence-electron chi connectivity index (χ1n) is 11.0. The van der Waals surface area contributed by atoms with Crippen molar-refractivity contribution in [1.82, 2.24) is 14.8 Å². The van der Waals surface area contributed by atoms with Gasteiger partial charge in [0, 0.05) is 11.4 Å². The topological polar surface area (TPSA) is 112 Å². The van der Waals surface area contributed by atoms with Gasteiger partial charge in [0.25, 0.3) is 5.91 Å². The van der Waals surface area contributed by atoms with Crippen LogP contribution in [0, 0.1) is 0 Å². The van der Waals surface area contributed by atoms with Crippen molar-refractivity contribution in [3.8, 4) is 5.75 Å². The standard InChI is InChI=1S/C23H27N5O3S2/c1-2-3-12-28-18(13-31-15-8-5-4-6-9-15)26-27-23(28)32-14-19(29)25-22-20(21(24)30)16-10-7-11-17(16)33-22/h4-6,8-9H,2-3,7,10-14H2,1H3,(H2,24,30)(H,25,29). The predicted molar refractivity (Wildman–Crippen MR) is 130 cm³/mol. The number of thiophene rings is 1. The number of ether oxygens (including phenoxy) is 1. The Labute approximate surface area is 200 Å². The number of nitrogens with two attached hydrogens (primary N) is 1. The molecule has 10 heteroatoms. The molecule has 1 aromatic carbocycles. The number of fused-ring (bicyclic) bond motifs is 1. The van der Waals surface area contributed by atoms with Gasteiger partial charge in [0.15, 0.2) is 11.0 Å². The van der Waals surface area contributed by atoms with Crippen molar-refractivity contribution < 1.29 is 14.3 Å². The van der Waals surface area contributed by atoms with E-state index >= 15 is 0 Å². The van der Waals surface area contributed by atoms with E-state index in [1.165, 1.54) is 23.1 Å². The number of aromatic nitrogens is 3. The molecule has 0 bridgehead atoms. The van der Waals surface area contributed by atoms with Crippen molar-refractivity contribution in [3.05, 3.63) is 52.2 Å². The summed E-state index contributed by atoms with van der Waals surface area (Å²) >= 11 is 2.78. The second kappa shape index (κ2) is 10.8. The van der Waals surface area contributed by atoms with Crippen molar-refractivity contribution >= 4 is 39.9 Å². The summed E-state index contributed by atoms with van der Waals surface area (Å²) in [6, 6.07) is 9.57. The lowest BCUT2D eigenvalue weighted by Crippen LogP contribution is -2.19. The van der Waals surface area contributed by atoms with E-state index < -0.39 is 5.91 Å². The Hall–Kier alpha value is -2.85. The van der Waals surface area contributed by atoms with Crippen LogP contribution in [0.2, 0.25) is 0 Å². The molecule has 0 unspecified atom stereocenters. The number of primary amides is 1. The number of aryl methyl sites for hydroxylation is 1. The highest BCUT2D eigenvalue weighted by Crippen LogP contribution is 2.39. The maximum Gasteiger partial charge on any atom is 0.251 e. The molecule has 0 saturated carbocycles. The van der Waals surface area contributed by atoms with E-state index in [9.17, 15) is 9.59 Å². The molecule has 33 heavy (non-hydrogen) atoms. The van der Waals surface area contributed by atoms with E-state index in [0.29, 0.717) is 22.3 Å². The van der Waals surface area contributed by atoms with E-state index in [1.807, 2.05) is 34.9 Å². The van der Waals surface area contributed by atoms with Crippen molar-refractivity contribution in [1.29, 1.82) is 0 Å². The van der Waals surface area contributed by atoms with Gasteiger partial charge in [-0.15, -0.1) is 21.5 Å². The fourth-order valence-electron chi connectivity index (χ4n) is 3.78. The largest absolute Gasteiger partial charge is 0.486 e. The average molecular weight is 486 g/mol. The molecule has 3 aromatic rings. The Morgan fingerprint density at radius 2 is 2.06 bits per heavy atom. The van der Waals surface area contributed by atoms with E-state index in [-0.39, 0.29) is 11.7 Å². The van der Waals surface area contributed by atoms with Crippen molar-refractivity contribution in [2.24, 2.45) is 5.73 Å². The minimum absolute atomic E-state index is 0.157. The molecule has 0 aliphatic heterocycles. The van der Waals surface area contributed by atoms with E-state index in [2.05, 4.69) is 22.4 Å². The second-order valence-corrected chi connectivity index (χ2v) is 9.82. The number of nitrogens with one attached hydrogen (secondary N) is 1. The average Bonchev–Trinajstić information content (AvgIpc) is 3.49. The minimum Gasteiger partial charge on any atom is -0.486 e. The number of hydrogen-bond donors (Lipinski definition) is 2. The first kappa shape index (κ1) is 23.3. The van der Waals surface area contributed by atoms with Gasteiger partial charge in [-0.3, -0.25) is 9.59 Å². The number of thioether (sulfide) groups is 1. The molecule has 8 nitrogen and oxygen atoms in total. The molecule has 0 atom stereocenters. The summed E-state index contributed by atoms with van der Waals surface area (Å²) in [6.07, 6.45) is 4.79. The predicted octanol–water partition coefficient (Wildman–Crippen LogP) is 4.04. The molecule has 2 aromatic heterocycles. The molecule has 2 heterocycles. The summed E-state index contributed by atoms with van der Waals surface area (Å²) in [5, 5.41) is 12.7. The smallest absolute Gasteiger partial charge is 0.251 e. The third-order valence-corrected chi connectivity index (χ3v) is 7.57. The van der Waals surface area contributed by atoms with Gasteiger partial charge in [0.2, 0.25) is 5.91 Å². The number of amides is 2. The quantitative estimate of drug-likeness (QED) is 0.397. The van der Waals surface area contributed by atoms with Crippen molar-refractivity contribution in [2.45, 2.75) is 57.3 Å². The van der Waals surface area contributed by atoms with Gasteiger partial charge in [-0.1, -0.05) is 43.3 Å². The van der Waals surface area contributed by atoms with Gasteiger partial charge < -0.3 is 20.4 Å². The van der Waals surface area contributed by atoms with Crippen molar-refractivity contribution in [2.75, 3.05) is 11.1 Å². The summed E-state index contributed by atoms with van der Waals surface area (Å²) in [4.78, 5) is 25.8. The van der Waals surface area contributed by atoms with E-state index in [1.54, 1.807) is 0 Å². The zero-order valence-electron chi connectivity index (χ0n) is 18.5. The number of carbonyl (C=O) groups excluding carboxylic acids is 2. The number of rotatable bonds is 11. The Balaban J connectivity index is 1.41. The summed E-state index contributed by atoms with van der Waals surface area (Å²) in [5.74, 6) is 0.962. The molecule has 1 aliphatic rings. The molecular weight excluding hydrogens is 458 g/mol. The molecule has 0 fully saturated rings. The van der Waals surface area contributed by atoms with Crippen LogP contribution >= 0.6 is 23.1 Å². The van der Waals surface area contributed by atoms with Crippen LogP contribution in [0.25, 0.3) is 0 Å². The lowest BCUT2D eigenvalue weighted by Gasteiger charge is -2.11. The maximum atomic E-state index is 12.7. The molecule has 174 valence electrons. The zero-order chi connectivity index (χ0) is 23.2. The molecule has 3 N–H and O–H groups in total. The Morgan fingerprint density at radius 1 is 1.24 bits per heavy atom. The van der Waals surface area contributed by atoms with Gasteiger partial charge >= 0.3 is 0 Å². The van der Waals surface area contributed by atoms with Crippen LogP contribution in [0.3, 0.4) is 0 Å². The number of hydrogen-bond acceptors (Lipinski definition) is 7. The SMILES string of the molecule is CCCCn1c(COc2ccccc2)nnc1SCC(=O)Nc1sc2c(c1C(N)=O)CCC2. The fraction of sp³-hybridized carbons (Fsp3) is 0.391. The zero-order valence-corrected chi connectivity index (χ0v) is 20.1. The van der Waals surface area contributed by atoms with Gasteiger partial charge in [0.1, 0.15) is 17.4 Å². The summed E-state index contributed by atoms with van der Waals surface area (Å²) in [6.45, 7) is 3.18. The van der Waals surface area contributed by atoms with Gasteiger partial charge in [-0.05, 0) is 43.4 Å². The number of nitrogens with zero attached hydrogens (tertiary/aromatic N) is 3. The number of unbranched alkanes of at least 4 members (excludes halogenated alkanes) is 1. The highest BCUT2D eigenvalue weighted by Gasteiger charge is 2.26. The third-order valence-electron chi connectivity index (χ3n) is 5.39. The van der Waals surface area contributed by atoms with Crippen LogP contribution in [0.4, 0.5) is 5.00 Å². The number of carbonyl (C=O) groups is 2. The van der Waals surface area contributed by atoms with E-state index in [0.717, 1.165) is 60.7 Å². The van der Waals surface area contributed by atoms with Crippen LogP contribution in [0.5, 0.6) is 5.75 Å². The monoisotopic (exact) mass is 485 g/mol. The molecule has 2 amide bonds. The lowest BCUT2D eigenvalue weighted by molar-refractivity contribution is -0.113. The first-order chi connectivity index (χ1) is 16.1. The van der Waals surface area contributed by atoms with Crippen molar-refractivity contribution in [3.63, 3.8) is 0 Å². The Bertz CT molecular complexity index is 1130. The Kier molecular flexibility index (Phi) is 7.66. The highest BCUT2D eigenvalue weighted by atomic mass is 32.2. The summed E-state index contributed by atoms with van der Waals surface area (Å²) in [5.41, 5.74) is 7.06. The molecule has 1 aliphatic carbocycles. The normalized spacial score (nSPS) is 12.5. The van der Waals surface area contributed by atoms with Crippen LogP contribution in [-0.2, 0) is 30.8 Å². The van der Waals surface area contributed by atoms with Gasteiger partial charge in [-0.25, -0.2) is 0 Å². The highest BCUT2D eigenvalue weighted by molar-refractivity contribution is 7.99. The van der Waals surface area contributed by atoms with Gasteiger partial charge in [0.05, 0.1) is 11.3 Å². The molecule has 0 spiro atoms. The molecule has 0 radical (unpaired) electrons. The molecular formula is C23H27N5O3S2. The first-order valence-corrected chi connectivity index (χ1v) is 12.8. The summed E-state index contributed by atoms with van der Waals surface area (Å²) < 4.78 is 7.85.